The van der Waals surface area contributed by atoms with Crippen LogP contribution in [-0.4, -0.2) is 70.5 Å². The standard InChI is InChI=1S/C27H34N2O6S/c1-27(2,3)14-13-20(30)21(31)22(32)23(35-4)26(34)29-19-15-36-24-17(16-9-6-5-7-10-16)11-8-12-18(24)28-25(19)33/h5-14,19-23,30-32H,15H2,1-4H3,(H,28,33)(H,29,34)/t19-,20?,21?,22?,23?/m0/s1. The summed E-state index contributed by atoms with van der Waals surface area (Å²) in [6.07, 6.45) is -3.24. The summed E-state index contributed by atoms with van der Waals surface area (Å²) >= 11 is 1.43. The molecule has 0 saturated heterocycles. The van der Waals surface area contributed by atoms with Crippen molar-refractivity contribution in [2.45, 2.75) is 56.1 Å². The maximum absolute atomic E-state index is 13.0. The number of allylic oxidation sites excluding steroid dienone is 1. The third kappa shape index (κ3) is 6.96. The molecule has 0 radical (unpaired) electrons. The Hall–Kier alpha value is -2.69. The highest BCUT2D eigenvalue weighted by atomic mass is 32.2. The van der Waals surface area contributed by atoms with Crippen molar-refractivity contribution in [2.24, 2.45) is 5.41 Å². The first-order chi connectivity index (χ1) is 17.0. The van der Waals surface area contributed by atoms with E-state index in [9.17, 15) is 24.9 Å². The molecule has 3 rings (SSSR count). The minimum absolute atomic E-state index is 0.244. The van der Waals surface area contributed by atoms with Crippen molar-refractivity contribution >= 4 is 29.3 Å². The molecule has 1 aliphatic rings. The lowest BCUT2D eigenvalue weighted by atomic mass is 9.94. The van der Waals surface area contributed by atoms with Gasteiger partial charge in [0.2, 0.25) is 5.91 Å². The molecule has 0 spiro atoms. The van der Waals surface area contributed by atoms with Crippen molar-refractivity contribution in [3.63, 3.8) is 0 Å². The molecular formula is C27H34N2O6S. The van der Waals surface area contributed by atoms with E-state index in [2.05, 4.69) is 10.6 Å². The maximum Gasteiger partial charge on any atom is 0.252 e. The van der Waals surface area contributed by atoms with Crippen LogP contribution in [0, 0.1) is 5.41 Å². The minimum atomic E-state index is -1.72. The zero-order valence-electron chi connectivity index (χ0n) is 20.8. The van der Waals surface area contributed by atoms with Crippen LogP contribution >= 0.6 is 11.8 Å². The van der Waals surface area contributed by atoms with Gasteiger partial charge in [-0.25, -0.2) is 0 Å². The number of anilines is 1. The molecular weight excluding hydrogens is 480 g/mol. The van der Waals surface area contributed by atoms with Crippen LogP contribution < -0.4 is 10.6 Å². The van der Waals surface area contributed by atoms with Gasteiger partial charge in [-0.1, -0.05) is 75.4 Å². The zero-order valence-corrected chi connectivity index (χ0v) is 21.7. The van der Waals surface area contributed by atoms with Crippen LogP contribution in [0.5, 0.6) is 0 Å². The lowest BCUT2D eigenvalue weighted by Crippen LogP contribution is -2.55. The SMILES string of the molecule is COC(C(=O)N[C@H]1CSc2c(cccc2-c2ccccc2)NC1=O)C(O)C(O)C(O)C=CC(C)(C)C. The molecule has 36 heavy (non-hydrogen) atoms. The van der Waals surface area contributed by atoms with E-state index in [1.165, 1.54) is 24.9 Å². The van der Waals surface area contributed by atoms with Crippen molar-refractivity contribution in [3.05, 3.63) is 60.7 Å². The highest BCUT2D eigenvalue weighted by Gasteiger charge is 2.37. The molecule has 2 amide bonds. The number of carbonyl (C=O) groups excluding carboxylic acids is 2. The number of nitrogens with one attached hydrogen (secondary N) is 2. The molecule has 9 heteroatoms. The van der Waals surface area contributed by atoms with E-state index in [0.717, 1.165) is 16.0 Å². The smallest absolute Gasteiger partial charge is 0.252 e. The molecule has 0 saturated carbocycles. The third-order valence-electron chi connectivity index (χ3n) is 5.70. The zero-order chi connectivity index (χ0) is 26.5. The van der Waals surface area contributed by atoms with Gasteiger partial charge in [0.1, 0.15) is 24.4 Å². The fourth-order valence-electron chi connectivity index (χ4n) is 3.74. The molecule has 0 fully saturated rings. The summed E-state index contributed by atoms with van der Waals surface area (Å²) in [7, 11) is 1.21. The van der Waals surface area contributed by atoms with Crippen LogP contribution in [0.2, 0.25) is 0 Å². The summed E-state index contributed by atoms with van der Waals surface area (Å²) in [5, 5.41) is 36.7. The Balaban J connectivity index is 1.71. The summed E-state index contributed by atoms with van der Waals surface area (Å²) in [4.78, 5) is 26.8. The summed E-state index contributed by atoms with van der Waals surface area (Å²) < 4.78 is 5.14. The Morgan fingerprint density at radius 2 is 1.81 bits per heavy atom. The second-order valence-electron chi connectivity index (χ2n) is 9.76. The van der Waals surface area contributed by atoms with Gasteiger partial charge in [0.25, 0.3) is 5.91 Å². The molecule has 1 heterocycles. The van der Waals surface area contributed by atoms with E-state index >= 15 is 0 Å². The van der Waals surface area contributed by atoms with Gasteiger partial charge in [-0.3, -0.25) is 9.59 Å². The van der Waals surface area contributed by atoms with E-state index in [4.69, 9.17) is 4.74 Å². The average molecular weight is 515 g/mol. The summed E-state index contributed by atoms with van der Waals surface area (Å²) in [5.41, 5.74) is 2.38. The van der Waals surface area contributed by atoms with Crippen molar-refractivity contribution in [3.8, 4) is 11.1 Å². The van der Waals surface area contributed by atoms with Crippen molar-refractivity contribution in [2.75, 3.05) is 18.2 Å². The van der Waals surface area contributed by atoms with Crippen molar-refractivity contribution in [1.82, 2.24) is 5.32 Å². The molecule has 5 N–H and O–H groups in total. The number of rotatable bonds is 8. The predicted molar refractivity (Wildman–Crippen MR) is 141 cm³/mol. The van der Waals surface area contributed by atoms with Gasteiger partial charge >= 0.3 is 0 Å². The summed E-state index contributed by atoms with van der Waals surface area (Å²) in [5.74, 6) is -0.927. The van der Waals surface area contributed by atoms with Crippen LogP contribution in [0.15, 0.2) is 65.6 Å². The lowest BCUT2D eigenvalue weighted by Gasteiger charge is -2.28. The first kappa shape index (κ1) is 27.9. The first-order valence-corrected chi connectivity index (χ1v) is 12.7. The van der Waals surface area contributed by atoms with Gasteiger partial charge in [-0.15, -0.1) is 11.8 Å². The molecule has 0 bridgehead atoms. The van der Waals surface area contributed by atoms with Crippen LogP contribution in [0.25, 0.3) is 11.1 Å². The number of amides is 2. The highest BCUT2D eigenvalue weighted by Crippen LogP contribution is 2.39. The Kier molecular flexibility index (Phi) is 9.32. The fourth-order valence-corrected chi connectivity index (χ4v) is 4.93. The van der Waals surface area contributed by atoms with E-state index in [-0.39, 0.29) is 11.2 Å². The predicted octanol–water partition coefficient (Wildman–Crippen LogP) is 2.58. The van der Waals surface area contributed by atoms with Crippen molar-refractivity contribution in [1.29, 1.82) is 0 Å². The largest absolute Gasteiger partial charge is 0.387 e. The second kappa shape index (κ2) is 12.0. The van der Waals surface area contributed by atoms with Crippen molar-refractivity contribution < 1.29 is 29.6 Å². The molecule has 2 aromatic carbocycles. The number of carbonyl (C=O) groups is 2. The van der Waals surface area contributed by atoms with E-state index in [1.807, 2.05) is 63.2 Å². The number of hydrogen-bond acceptors (Lipinski definition) is 7. The normalized spacial score (nSPS) is 19.5. The fraction of sp³-hybridized carbons (Fsp3) is 0.407. The second-order valence-corrected chi connectivity index (χ2v) is 10.8. The molecule has 1 aliphatic heterocycles. The van der Waals surface area contributed by atoms with E-state index in [0.29, 0.717) is 5.69 Å². The van der Waals surface area contributed by atoms with Crippen LogP contribution in [-0.2, 0) is 14.3 Å². The molecule has 8 nitrogen and oxygen atoms in total. The minimum Gasteiger partial charge on any atom is -0.387 e. The van der Waals surface area contributed by atoms with Crippen LogP contribution in [0.4, 0.5) is 5.69 Å². The molecule has 2 aromatic rings. The molecule has 5 atom stereocenters. The number of aliphatic hydroxyl groups is 3. The van der Waals surface area contributed by atoms with Gasteiger partial charge in [0.05, 0.1) is 5.69 Å². The van der Waals surface area contributed by atoms with Gasteiger partial charge in [-0.2, -0.15) is 0 Å². The van der Waals surface area contributed by atoms with Gasteiger partial charge in [0, 0.05) is 17.8 Å². The highest BCUT2D eigenvalue weighted by molar-refractivity contribution is 7.99. The molecule has 194 valence electrons. The number of methoxy groups -OCH3 is 1. The number of thioether (sulfide) groups is 1. The molecule has 4 unspecified atom stereocenters. The number of aliphatic hydroxyl groups excluding tert-OH is 3. The monoisotopic (exact) mass is 514 g/mol. The Morgan fingerprint density at radius 3 is 2.44 bits per heavy atom. The Morgan fingerprint density at radius 1 is 1.11 bits per heavy atom. The maximum atomic E-state index is 13.0. The number of ether oxygens (including phenoxy) is 1. The summed E-state index contributed by atoms with van der Waals surface area (Å²) in [6, 6.07) is 14.5. The Bertz CT molecular complexity index is 1090. The van der Waals surface area contributed by atoms with E-state index < -0.39 is 42.3 Å². The van der Waals surface area contributed by atoms with Crippen LogP contribution in [0.3, 0.4) is 0 Å². The van der Waals surface area contributed by atoms with E-state index in [1.54, 1.807) is 12.1 Å². The quantitative estimate of drug-likeness (QED) is 0.343. The number of hydrogen-bond donors (Lipinski definition) is 5. The molecule has 0 aromatic heterocycles. The molecule has 0 aliphatic carbocycles. The van der Waals surface area contributed by atoms with Crippen LogP contribution in [0.1, 0.15) is 20.8 Å². The Labute approximate surface area is 215 Å². The average Bonchev–Trinajstić information content (AvgIpc) is 3.00. The topological polar surface area (TPSA) is 128 Å². The first-order valence-electron chi connectivity index (χ1n) is 11.7. The third-order valence-corrected chi connectivity index (χ3v) is 6.93. The number of fused-ring (bicyclic) bond motifs is 1. The summed E-state index contributed by atoms with van der Waals surface area (Å²) in [6.45, 7) is 5.75. The number of benzene rings is 2. The lowest BCUT2D eigenvalue weighted by molar-refractivity contribution is -0.150. The van der Waals surface area contributed by atoms with Gasteiger partial charge < -0.3 is 30.7 Å². The van der Waals surface area contributed by atoms with Gasteiger partial charge in [-0.05, 0) is 22.6 Å². The van der Waals surface area contributed by atoms with Gasteiger partial charge in [0.15, 0.2) is 6.10 Å².